The second-order valence-corrected chi connectivity index (χ2v) is 4.10. The highest BCUT2D eigenvalue weighted by molar-refractivity contribution is 6.12. The lowest BCUT2D eigenvalue weighted by molar-refractivity contribution is 0.0991. The predicted octanol–water partition coefficient (Wildman–Crippen LogP) is 2.37. The summed E-state index contributed by atoms with van der Waals surface area (Å²) < 4.78 is 0. The van der Waals surface area contributed by atoms with E-state index in [0.29, 0.717) is 23.7 Å². The van der Waals surface area contributed by atoms with E-state index in [0.717, 1.165) is 5.69 Å². The maximum atomic E-state index is 12.6. The summed E-state index contributed by atoms with van der Waals surface area (Å²) in [7, 11) is 0. The SMILES string of the molecule is C=CCN1C(=O)c2cccnc2Nc2ncccc21. The van der Waals surface area contributed by atoms with E-state index in [9.17, 15) is 4.79 Å². The van der Waals surface area contributed by atoms with Crippen molar-refractivity contribution in [3.63, 3.8) is 0 Å². The van der Waals surface area contributed by atoms with Gasteiger partial charge in [0.15, 0.2) is 5.82 Å². The van der Waals surface area contributed by atoms with E-state index in [-0.39, 0.29) is 5.91 Å². The van der Waals surface area contributed by atoms with E-state index in [2.05, 4.69) is 21.9 Å². The van der Waals surface area contributed by atoms with Crippen LogP contribution in [0.5, 0.6) is 0 Å². The third-order valence-electron chi connectivity index (χ3n) is 2.91. The molecule has 1 amide bonds. The van der Waals surface area contributed by atoms with Gasteiger partial charge in [-0.25, -0.2) is 9.97 Å². The molecule has 5 nitrogen and oxygen atoms in total. The Morgan fingerprint density at radius 1 is 1.21 bits per heavy atom. The molecule has 94 valence electrons. The van der Waals surface area contributed by atoms with Gasteiger partial charge in [-0.05, 0) is 24.3 Å². The summed E-state index contributed by atoms with van der Waals surface area (Å²) in [5.74, 6) is 1.04. The van der Waals surface area contributed by atoms with Gasteiger partial charge in [0.2, 0.25) is 0 Å². The number of amides is 1. The number of carbonyl (C=O) groups excluding carboxylic acids is 1. The first-order valence-electron chi connectivity index (χ1n) is 5.91. The lowest BCUT2D eigenvalue weighted by atomic mass is 10.2. The van der Waals surface area contributed by atoms with Crippen molar-refractivity contribution >= 4 is 23.2 Å². The van der Waals surface area contributed by atoms with Crippen molar-refractivity contribution in [3.05, 3.63) is 54.9 Å². The van der Waals surface area contributed by atoms with E-state index in [1.54, 1.807) is 41.6 Å². The Bertz CT molecular complexity index is 653. The van der Waals surface area contributed by atoms with Crippen LogP contribution in [0.3, 0.4) is 0 Å². The summed E-state index contributed by atoms with van der Waals surface area (Å²) in [5, 5.41) is 3.10. The zero-order valence-electron chi connectivity index (χ0n) is 10.2. The Hall–Kier alpha value is -2.69. The average molecular weight is 252 g/mol. The standard InChI is InChI=1S/C14H12N4O/c1-2-9-18-11-6-4-8-16-13(11)17-12-10(14(18)19)5-3-7-15-12/h2-8H,1,9H2,(H,15,16,17). The Kier molecular flexibility index (Phi) is 2.72. The van der Waals surface area contributed by atoms with Crippen LogP contribution in [-0.2, 0) is 0 Å². The summed E-state index contributed by atoms with van der Waals surface area (Å²) in [6.45, 7) is 4.12. The second kappa shape index (κ2) is 4.53. The molecule has 0 atom stereocenters. The Balaban J connectivity index is 2.21. The fraction of sp³-hybridized carbons (Fsp3) is 0.0714. The third kappa shape index (κ3) is 1.85. The Labute approximate surface area is 110 Å². The molecule has 2 aromatic rings. The molecule has 0 aliphatic carbocycles. The highest BCUT2D eigenvalue weighted by atomic mass is 16.2. The first-order valence-corrected chi connectivity index (χ1v) is 5.91. The molecule has 0 aromatic carbocycles. The topological polar surface area (TPSA) is 58.1 Å². The second-order valence-electron chi connectivity index (χ2n) is 4.10. The van der Waals surface area contributed by atoms with Crippen molar-refractivity contribution in [3.8, 4) is 0 Å². The minimum atomic E-state index is -0.109. The van der Waals surface area contributed by atoms with E-state index < -0.39 is 0 Å². The first kappa shape index (κ1) is 11.4. The van der Waals surface area contributed by atoms with E-state index >= 15 is 0 Å². The van der Waals surface area contributed by atoms with Gasteiger partial charge in [-0.3, -0.25) is 4.79 Å². The zero-order valence-corrected chi connectivity index (χ0v) is 10.2. The molecule has 3 rings (SSSR count). The van der Waals surface area contributed by atoms with Gasteiger partial charge in [0.1, 0.15) is 5.82 Å². The van der Waals surface area contributed by atoms with Gasteiger partial charge in [-0.2, -0.15) is 0 Å². The van der Waals surface area contributed by atoms with Crippen LogP contribution >= 0.6 is 0 Å². The lowest BCUT2D eigenvalue weighted by Crippen LogP contribution is -2.30. The molecule has 19 heavy (non-hydrogen) atoms. The number of nitrogens with zero attached hydrogens (tertiary/aromatic N) is 3. The van der Waals surface area contributed by atoms with Gasteiger partial charge in [-0.1, -0.05) is 6.08 Å². The quantitative estimate of drug-likeness (QED) is 0.834. The molecule has 5 heteroatoms. The van der Waals surface area contributed by atoms with Gasteiger partial charge < -0.3 is 10.2 Å². The van der Waals surface area contributed by atoms with Crippen LogP contribution in [0.25, 0.3) is 0 Å². The van der Waals surface area contributed by atoms with Crippen molar-refractivity contribution in [2.75, 3.05) is 16.8 Å². The Morgan fingerprint density at radius 2 is 1.95 bits per heavy atom. The minimum Gasteiger partial charge on any atom is -0.323 e. The fourth-order valence-corrected chi connectivity index (χ4v) is 2.07. The largest absolute Gasteiger partial charge is 0.323 e. The van der Waals surface area contributed by atoms with Crippen molar-refractivity contribution in [1.29, 1.82) is 0 Å². The number of hydrogen-bond acceptors (Lipinski definition) is 4. The van der Waals surface area contributed by atoms with Crippen LogP contribution < -0.4 is 10.2 Å². The smallest absolute Gasteiger partial charge is 0.262 e. The van der Waals surface area contributed by atoms with Crippen LogP contribution in [-0.4, -0.2) is 22.4 Å². The van der Waals surface area contributed by atoms with Crippen LogP contribution in [0, 0.1) is 0 Å². The molecular formula is C14H12N4O. The monoisotopic (exact) mass is 252 g/mol. The highest BCUT2D eigenvalue weighted by Crippen LogP contribution is 2.32. The summed E-state index contributed by atoms with van der Waals surface area (Å²) in [6.07, 6.45) is 5.01. The van der Waals surface area contributed by atoms with Crippen LogP contribution in [0.4, 0.5) is 17.3 Å². The lowest BCUT2D eigenvalue weighted by Gasteiger charge is -2.20. The van der Waals surface area contributed by atoms with Crippen molar-refractivity contribution in [1.82, 2.24) is 9.97 Å². The number of pyridine rings is 2. The summed E-state index contributed by atoms with van der Waals surface area (Å²) >= 11 is 0. The molecule has 0 unspecified atom stereocenters. The molecular weight excluding hydrogens is 240 g/mol. The molecule has 1 aliphatic heterocycles. The third-order valence-corrected chi connectivity index (χ3v) is 2.91. The van der Waals surface area contributed by atoms with Gasteiger partial charge in [0, 0.05) is 18.9 Å². The van der Waals surface area contributed by atoms with Crippen LogP contribution in [0.2, 0.25) is 0 Å². The molecule has 0 saturated carbocycles. The van der Waals surface area contributed by atoms with Gasteiger partial charge >= 0.3 is 0 Å². The van der Waals surface area contributed by atoms with Gasteiger partial charge in [0.05, 0.1) is 11.3 Å². The van der Waals surface area contributed by atoms with Crippen LogP contribution in [0.15, 0.2) is 49.3 Å². The fourth-order valence-electron chi connectivity index (χ4n) is 2.07. The molecule has 0 fully saturated rings. The first-order chi connectivity index (χ1) is 9.31. The average Bonchev–Trinajstić information content (AvgIpc) is 2.56. The van der Waals surface area contributed by atoms with Gasteiger partial charge in [0.25, 0.3) is 5.91 Å². The summed E-state index contributed by atoms with van der Waals surface area (Å²) in [5.41, 5.74) is 1.26. The minimum absolute atomic E-state index is 0.109. The number of anilines is 3. The molecule has 0 spiro atoms. The normalized spacial score (nSPS) is 13.1. The molecule has 1 N–H and O–H groups in total. The summed E-state index contributed by atoms with van der Waals surface area (Å²) in [4.78, 5) is 22.7. The highest BCUT2D eigenvalue weighted by Gasteiger charge is 2.26. The molecule has 1 aliphatic rings. The van der Waals surface area contributed by atoms with Crippen molar-refractivity contribution in [2.45, 2.75) is 0 Å². The predicted molar refractivity (Wildman–Crippen MR) is 73.6 cm³/mol. The maximum Gasteiger partial charge on any atom is 0.262 e. The van der Waals surface area contributed by atoms with Crippen molar-refractivity contribution < 1.29 is 4.79 Å². The molecule has 0 saturated heterocycles. The van der Waals surface area contributed by atoms with Gasteiger partial charge in [-0.15, -0.1) is 6.58 Å². The maximum absolute atomic E-state index is 12.6. The number of fused-ring (bicyclic) bond motifs is 2. The van der Waals surface area contributed by atoms with E-state index in [1.165, 1.54) is 0 Å². The van der Waals surface area contributed by atoms with E-state index in [1.807, 2.05) is 6.07 Å². The zero-order chi connectivity index (χ0) is 13.2. The number of nitrogens with one attached hydrogen (secondary N) is 1. The molecule has 0 bridgehead atoms. The summed E-state index contributed by atoms with van der Waals surface area (Å²) in [6, 6.07) is 7.14. The molecule has 0 radical (unpaired) electrons. The van der Waals surface area contributed by atoms with Crippen LogP contribution in [0.1, 0.15) is 10.4 Å². The number of carbonyl (C=O) groups is 1. The molecule has 2 aromatic heterocycles. The number of rotatable bonds is 2. The molecule has 3 heterocycles. The number of aromatic nitrogens is 2. The van der Waals surface area contributed by atoms with Crippen molar-refractivity contribution in [2.24, 2.45) is 0 Å². The Morgan fingerprint density at radius 3 is 2.74 bits per heavy atom. The van der Waals surface area contributed by atoms with E-state index in [4.69, 9.17) is 0 Å². The number of hydrogen-bond donors (Lipinski definition) is 1.